The fourth-order valence-electron chi connectivity index (χ4n) is 2.45. The maximum Gasteiger partial charge on any atom is 0.240 e. The topological polar surface area (TPSA) is 72.2 Å². The lowest BCUT2D eigenvalue weighted by Crippen LogP contribution is -2.23. The first-order valence-corrected chi connectivity index (χ1v) is 8.12. The van der Waals surface area contributed by atoms with Crippen molar-refractivity contribution in [2.24, 2.45) is 0 Å². The first kappa shape index (κ1) is 13.3. The summed E-state index contributed by atoms with van der Waals surface area (Å²) in [5, 5.41) is 0. The minimum Gasteiger partial charge on any atom is -0.451 e. The standard InChI is InChI=1S/C14H16N2O3S/c17-20(18,16-8-13-9-19-10-15-13)14-6-5-11-3-1-2-4-12(11)7-14/h5-7,9-10,16H,1-4,8H2. The van der Waals surface area contributed by atoms with Gasteiger partial charge in [0.25, 0.3) is 0 Å². The molecule has 0 fully saturated rings. The minimum atomic E-state index is -3.50. The SMILES string of the molecule is O=S(=O)(NCc1cocn1)c1ccc2c(c1)CCCC2. The third kappa shape index (κ3) is 2.76. The molecule has 20 heavy (non-hydrogen) atoms. The van der Waals surface area contributed by atoms with Gasteiger partial charge < -0.3 is 4.42 Å². The summed E-state index contributed by atoms with van der Waals surface area (Å²) in [6, 6.07) is 5.40. The van der Waals surface area contributed by atoms with Gasteiger partial charge in [0.05, 0.1) is 17.1 Å². The van der Waals surface area contributed by atoms with E-state index < -0.39 is 10.0 Å². The van der Waals surface area contributed by atoms with Crippen molar-refractivity contribution in [2.75, 3.05) is 0 Å². The van der Waals surface area contributed by atoms with Crippen LogP contribution in [0.2, 0.25) is 0 Å². The molecule has 0 saturated carbocycles. The predicted octanol–water partition coefficient (Wildman–Crippen LogP) is 2.03. The van der Waals surface area contributed by atoms with Gasteiger partial charge >= 0.3 is 0 Å². The Morgan fingerprint density at radius 2 is 2.00 bits per heavy atom. The number of sulfonamides is 1. The van der Waals surface area contributed by atoms with E-state index in [1.807, 2.05) is 6.07 Å². The van der Waals surface area contributed by atoms with Crippen molar-refractivity contribution in [3.05, 3.63) is 47.7 Å². The maximum atomic E-state index is 12.2. The third-order valence-corrected chi connectivity index (χ3v) is 4.96. The Morgan fingerprint density at radius 3 is 2.75 bits per heavy atom. The van der Waals surface area contributed by atoms with E-state index in [1.54, 1.807) is 12.1 Å². The molecule has 0 atom stereocenters. The van der Waals surface area contributed by atoms with Gasteiger partial charge in [-0.15, -0.1) is 0 Å². The Kier molecular flexibility index (Phi) is 3.58. The summed E-state index contributed by atoms with van der Waals surface area (Å²) in [6.07, 6.45) is 7.02. The number of nitrogens with zero attached hydrogens (tertiary/aromatic N) is 1. The Hall–Kier alpha value is -1.66. The molecule has 106 valence electrons. The molecule has 0 aliphatic heterocycles. The zero-order valence-electron chi connectivity index (χ0n) is 11.0. The van der Waals surface area contributed by atoms with Crippen LogP contribution in [0.3, 0.4) is 0 Å². The number of hydrogen-bond donors (Lipinski definition) is 1. The molecule has 1 N–H and O–H groups in total. The number of oxazole rings is 1. The van der Waals surface area contributed by atoms with Gasteiger partial charge in [0.2, 0.25) is 10.0 Å². The molecule has 2 aromatic rings. The number of nitrogens with one attached hydrogen (secondary N) is 1. The Bertz CT molecular complexity index is 693. The molecule has 5 nitrogen and oxygen atoms in total. The van der Waals surface area contributed by atoms with Crippen LogP contribution in [-0.4, -0.2) is 13.4 Å². The van der Waals surface area contributed by atoms with E-state index >= 15 is 0 Å². The van der Waals surface area contributed by atoms with E-state index in [0.717, 1.165) is 24.8 Å². The van der Waals surface area contributed by atoms with Crippen LogP contribution < -0.4 is 4.72 Å². The molecule has 0 unspecified atom stereocenters. The van der Waals surface area contributed by atoms with Crippen LogP contribution in [0.15, 0.2) is 40.2 Å². The molecule has 1 heterocycles. The molecule has 1 aliphatic rings. The smallest absolute Gasteiger partial charge is 0.240 e. The highest BCUT2D eigenvalue weighted by atomic mass is 32.2. The zero-order valence-corrected chi connectivity index (χ0v) is 11.8. The van der Waals surface area contributed by atoms with Gasteiger partial charge in [0.15, 0.2) is 6.39 Å². The van der Waals surface area contributed by atoms with E-state index in [-0.39, 0.29) is 6.54 Å². The van der Waals surface area contributed by atoms with Crippen LogP contribution >= 0.6 is 0 Å². The molecule has 1 aromatic carbocycles. The van der Waals surface area contributed by atoms with Crippen molar-refractivity contribution in [3.63, 3.8) is 0 Å². The second-order valence-corrected chi connectivity index (χ2v) is 6.71. The fourth-order valence-corrected chi connectivity index (χ4v) is 3.50. The van der Waals surface area contributed by atoms with Crippen LogP contribution in [0.1, 0.15) is 29.7 Å². The monoisotopic (exact) mass is 292 g/mol. The van der Waals surface area contributed by atoms with Crippen molar-refractivity contribution >= 4 is 10.0 Å². The summed E-state index contributed by atoms with van der Waals surface area (Å²) in [5.74, 6) is 0. The number of aryl methyl sites for hydroxylation is 2. The molecule has 0 saturated heterocycles. The van der Waals surface area contributed by atoms with Gasteiger partial charge in [0, 0.05) is 0 Å². The fraction of sp³-hybridized carbons (Fsp3) is 0.357. The third-order valence-electron chi connectivity index (χ3n) is 3.56. The minimum absolute atomic E-state index is 0.135. The lowest BCUT2D eigenvalue weighted by molar-refractivity contribution is 0.555. The van der Waals surface area contributed by atoms with Crippen molar-refractivity contribution in [2.45, 2.75) is 37.1 Å². The van der Waals surface area contributed by atoms with E-state index in [1.165, 1.54) is 24.6 Å². The van der Waals surface area contributed by atoms with Crippen LogP contribution in [0.4, 0.5) is 0 Å². The molecular weight excluding hydrogens is 276 g/mol. The lowest BCUT2D eigenvalue weighted by Gasteiger charge is -2.16. The van der Waals surface area contributed by atoms with Gasteiger partial charge in [-0.1, -0.05) is 6.07 Å². The molecule has 3 rings (SSSR count). The largest absolute Gasteiger partial charge is 0.451 e. The van der Waals surface area contributed by atoms with Gasteiger partial charge in [-0.2, -0.15) is 0 Å². The highest BCUT2D eigenvalue weighted by Crippen LogP contribution is 2.24. The quantitative estimate of drug-likeness (QED) is 0.936. The molecular formula is C14H16N2O3S. The zero-order chi connectivity index (χ0) is 14.0. The summed E-state index contributed by atoms with van der Waals surface area (Å²) >= 11 is 0. The van der Waals surface area contributed by atoms with Gasteiger partial charge in [0.1, 0.15) is 6.26 Å². The molecule has 1 aliphatic carbocycles. The first-order valence-electron chi connectivity index (χ1n) is 6.64. The number of aromatic nitrogens is 1. The van der Waals surface area contributed by atoms with Gasteiger partial charge in [-0.3, -0.25) is 0 Å². The van der Waals surface area contributed by atoms with Crippen LogP contribution in [0.5, 0.6) is 0 Å². The predicted molar refractivity (Wildman–Crippen MR) is 73.6 cm³/mol. The normalized spacial score (nSPS) is 15.0. The Labute approximate surface area is 118 Å². The molecule has 0 radical (unpaired) electrons. The van der Waals surface area contributed by atoms with Crippen LogP contribution in [0, 0.1) is 0 Å². The summed E-state index contributed by atoms with van der Waals surface area (Å²) < 4.78 is 31.8. The molecule has 0 bridgehead atoms. The van der Waals surface area contributed by atoms with Crippen molar-refractivity contribution in [1.29, 1.82) is 0 Å². The first-order chi connectivity index (χ1) is 9.65. The maximum absolute atomic E-state index is 12.2. The second-order valence-electron chi connectivity index (χ2n) is 4.94. The number of fused-ring (bicyclic) bond motifs is 1. The Morgan fingerprint density at radius 1 is 1.20 bits per heavy atom. The highest BCUT2D eigenvalue weighted by molar-refractivity contribution is 7.89. The van der Waals surface area contributed by atoms with Crippen LogP contribution in [-0.2, 0) is 29.4 Å². The molecule has 1 aromatic heterocycles. The molecule has 6 heteroatoms. The molecule has 0 amide bonds. The van der Waals surface area contributed by atoms with Gasteiger partial charge in [-0.05, 0) is 48.9 Å². The number of benzene rings is 1. The summed E-state index contributed by atoms with van der Waals surface area (Å²) in [5.41, 5.74) is 2.98. The molecule has 0 spiro atoms. The second kappa shape index (κ2) is 5.38. The number of rotatable bonds is 4. The van der Waals surface area contributed by atoms with Crippen molar-refractivity contribution < 1.29 is 12.8 Å². The Balaban J connectivity index is 1.80. The number of hydrogen-bond acceptors (Lipinski definition) is 4. The summed E-state index contributed by atoms with van der Waals surface area (Å²) in [6.45, 7) is 0.135. The average molecular weight is 292 g/mol. The van der Waals surface area contributed by atoms with E-state index in [0.29, 0.717) is 10.6 Å². The van der Waals surface area contributed by atoms with Gasteiger partial charge in [-0.25, -0.2) is 18.1 Å². The van der Waals surface area contributed by atoms with Crippen molar-refractivity contribution in [1.82, 2.24) is 9.71 Å². The summed E-state index contributed by atoms with van der Waals surface area (Å²) in [4.78, 5) is 4.21. The highest BCUT2D eigenvalue weighted by Gasteiger charge is 2.17. The van der Waals surface area contributed by atoms with E-state index in [2.05, 4.69) is 9.71 Å². The van der Waals surface area contributed by atoms with Crippen molar-refractivity contribution in [3.8, 4) is 0 Å². The van der Waals surface area contributed by atoms with E-state index in [4.69, 9.17) is 4.42 Å². The van der Waals surface area contributed by atoms with Crippen LogP contribution in [0.25, 0.3) is 0 Å². The summed E-state index contributed by atoms with van der Waals surface area (Å²) in [7, 11) is -3.50. The van der Waals surface area contributed by atoms with E-state index in [9.17, 15) is 8.42 Å². The average Bonchev–Trinajstić information content (AvgIpc) is 2.98. The lowest BCUT2D eigenvalue weighted by atomic mass is 9.92.